The third-order valence-corrected chi connectivity index (χ3v) is 4.52. The van der Waals surface area contributed by atoms with Gasteiger partial charge in [0.05, 0.1) is 11.9 Å². The fourth-order valence-corrected chi connectivity index (χ4v) is 2.97. The number of nitrogens with one attached hydrogen (secondary N) is 1. The van der Waals surface area contributed by atoms with Gasteiger partial charge in [-0.05, 0) is 50.6 Å². The first-order valence-corrected chi connectivity index (χ1v) is 8.69. The number of thioether (sulfide) groups is 1. The zero-order valence-electron chi connectivity index (χ0n) is 13.8. The van der Waals surface area contributed by atoms with Gasteiger partial charge in [-0.1, -0.05) is 29.8 Å². The van der Waals surface area contributed by atoms with Gasteiger partial charge in [0.25, 0.3) is 0 Å². The maximum absolute atomic E-state index is 12.2. The third-order valence-electron chi connectivity index (χ3n) is 3.40. The molecule has 0 unspecified atom stereocenters. The van der Waals surface area contributed by atoms with Crippen LogP contribution in [0.5, 0.6) is 5.75 Å². The number of rotatable bonds is 7. The summed E-state index contributed by atoms with van der Waals surface area (Å²) in [6.07, 6.45) is 0. The Kier molecular flexibility index (Phi) is 6.53. The number of hydrogen-bond donors (Lipinski definition) is 1. The SMILES string of the molecule is CCOc1ccc(CNC(=O)[C@@H](C)Sc2ccc(C)cc2)cc1. The summed E-state index contributed by atoms with van der Waals surface area (Å²) in [4.78, 5) is 13.3. The van der Waals surface area contributed by atoms with Crippen LogP contribution in [0.15, 0.2) is 53.4 Å². The number of carbonyl (C=O) groups excluding carboxylic acids is 1. The van der Waals surface area contributed by atoms with Crippen LogP contribution in [0.4, 0.5) is 0 Å². The molecule has 0 spiro atoms. The van der Waals surface area contributed by atoms with Crippen LogP contribution in [0, 0.1) is 6.92 Å². The summed E-state index contributed by atoms with van der Waals surface area (Å²) < 4.78 is 5.41. The van der Waals surface area contributed by atoms with Gasteiger partial charge in [0.1, 0.15) is 5.75 Å². The van der Waals surface area contributed by atoms with E-state index in [1.807, 2.05) is 38.1 Å². The quantitative estimate of drug-likeness (QED) is 0.774. The highest BCUT2D eigenvalue weighted by Gasteiger charge is 2.13. The molecule has 0 aromatic heterocycles. The van der Waals surface area contributed by atoms with Gasteiger partial charge >= 0.3 is 0 Å². The predicted molar refractivity (Wildman–Crippen MR) is 96.0 cm³/mol. The van der Waals surface area contributed by atoms with E-state index in [0.717, 1.165) is 16.2 Å². The molecule has 122 valence electrons. The molecule has 0 fully saturated rings. The Balaban J connectivity index is 1.82. The molecular weight excluding hydrogens is 306 g/mol. The van der Waals surface area contributed by atoms with Gasteiger partial charge in [-0.15, -0.1) is 11.8 Å². The number of carbonyl (C=O) groups is 1. The second kappa shape index (κ2) is 8.63. The van der Waals surface area contributed by atoms with Crippen LogP contribution in [0.25, 0.3) is 0 Å². The molecule has 0 bridgehead atoms. The standard InChI is InChI=1S/C19H23NO2S/c1-4-22-17-9-7-16(8-10-17)13-20-19(21)15(3)23-18-11-5-14(2)6-12-18/h5-12,15H,4,13H2,1-3H3,(H,20,21)/t15-/m1/s1. The van der Waals surface area contributed by atoms with Crippen molar-refractivity contribution in [1.29, 1.82) is 0 Å². The Labute approximate surface area is 142 Å². The van der Waals surface area contributed by atoms with Crippen molar-refractivity contribution in [2.75, 3.05) is 6.61 Å². The largest absolute Gasteiger partial charge is 0.494 e. The van der Waals surface area contributed by atoms with E-state index in [1.54, 1.807) is 11.8 Å². The van der Waals surface area contributed by atoms with Crippen molar-refractivity contribution in [3.63, 3.8) is 0 Å². The van der Waals surface area contributed by atoms with E-state index in [1.165, 1.54) is 5.56 Å². The highest BCUT2D eigenvalue weighted by molar-refractivity contribution is 8.00. The van der Waals surface area contributed by atoms with Gasteiger partial charge in [0, 0.05) is 11.4 Å². The van der Waals surface area contributed by atoms with Crippen LogP contribution in [0.2, 0.25) is 0 Å². The Hall–Kier alpha value is -1.94. The normalized spacial score (nSPS) is 11.8. The molecule has 2 rings (SSSR count). The van der Waals surface area contributed by atoms with E-state index in [4.69, 9.17) is 4.74 Å². The Morgan fingerprint density at radius 1 is 1.13 bits per heavy atom. The lowest BCUT2D eigenvalue weighted by Crippen LogP contribution is -2.30. The molecule has 0 radical (unpaired) electrons. The minimum absolute atomic E-state index is 0.0458. The highest BCUT2D eigenvalue weighted by atomic mass is 32.2. The third kappa shape index (κ3) is 5.64. The summed E-state index contributed by atoms with van der Waals surface area (Å²) in [6, 6.07) is 16.0. The topological polar surface area (TPSA) is 38.3 Å². The molecule has 0 saturated carbocycles. The molecule has 1 atom stereocenters. The van der Waals surface area contributed by atoms with E-state index < -0.39 is 0 Å². The molecule has 0 heterocycles. The van der Waals surface area contributed by atoms with Gasteiger partial charge < -0.3 is 10.1 Å². The van der Waals surface area contributed by atoms with Crippen molar-refractivity contribution in [2.45, 2.75) is 37.5 Å². The molecule has 2 aromatic rings. The van der Waals surface area contributed by atoms with Crippen molar-refractivity contribution in [3.05, 3.63) is 59.7 Å². The Bertz CT molecular complexity index is 623. The molecule has 0 aliphatic heterocycles. The molecule has 3 nitrogen and oxygen atoms in total. The summed E-state index contributed by atoms with van der Waals surface area (Å²) in [5.41, 5.74) is 2.29. The molecule has 23 heavy (non-hydrogen) atoms. The maximum atomic E-state index is 12.2. The molecule has 4 heteroatoms. The number of ether oxygens (including phenoxy) is 1. The molecular formula is C19H23NO2S. The Morgan fingerprint density at radius 2 is 1.78 bits per heavy atom. The van der Waals surface area contributed by atoms with Crippen molar-refractivity contribution in [2.24, 2.45) is 0 Å². The van der Waals surface area contributed by atoms with E-state index >= 15 is 0 Å². The average molecular weight is 329 g/mol. The van der Waals surface area contributed by atoms with Crippen LogP contribution < -0.4 is 10.1 Å². The molecule has 0 aliphatic rings. The second-order valence-corrected chi connectivity index (χ2v) is 6.78. The van der Waals surface area contributed by atoms with Crippen molar-refractivity contribution < 1.29 is 9.53 Å². The smallest absolute Gasteiger partial charge is 0.233 e. The summed E-state index contributed by atoms with van der Waals surface area (Å²) in [5.74, 6) is 0.898. The van der Waals surface area contributed by atoms with Crippen LogP contribution in [-0.4, -0.2) is 17.8 Å². The van der Waals surface area contributed by atoms with Gasteiger partial charge in [0.2, 0.25) is 5.91 Å². The molecule has 0 saturated heterocycles. The Morgan fingerprint density at radius 3 is 2.39 bits per heavy atom. The lowest BCUT2D eigenvalue weighted by atomic mass is 10.2. The first kappa shape index (κ1) is 17.4. The number of aryl methyl sites for hydroxylation is 1. The van der Waals surface area contributed by atoms with Gasteiger partial charge in [-0.25, -0.2) is 0 Å². The number of benzene rings is 2. The van der Waals surface area contributed by atoms with Gasteiger partial charge in [-0.2, -0.15) is 0 Å². The number of amides is 1. The van der Waals surface area contributed by atoms with Crippen molar-refractivity contribution in [1.82, 2.24) is 5.32 Å². The monoisotopic (exact) mass is 329 g/mol. The number of hydrogen-bond acceptors (Lipinski definition) is 3. The van der Waals surface area contributed by atoms with E-state index in [0.29, 0.717) is 13.2 Å². The van der Waals surface area contributed by atoms with E-state index in [2.05, 4.69) is 36.5 Å². The van der Waals surface area contributed by atoms with E-state index in [-0.39, 0.29) is 11.2 Å². The zero-order chi connectivity index (χ0) is 16.7. The highest BCUT2D eigenvalue weighted by Crippen LogP contribution is 2.23. The first-order chi connectivity index (χ1) is 11.1. The average Bonchev–Trinajstić information content (AvgIpc) is 2.56. The summed E-state index contributed by atoms with van der Waals surface area (Å²) in [7, 11) is 0. The fraction of sp³-hybridized carbons (Fsp3) is 0.316. The minimum atomic E-state index is -0.125. The van der Waals surface area contributed by atoms with Crippen LogP contribution in [0.3, 0.4) is 0 Å². The van der Waals surface area contributed by atoms with Crippen LogP contribution >= 0.6 is 11.8 Å². The van der Waals surface area contributed by atoms with Crippen molar-refractivity contribution >= 4 is 17.7 Å². The van der Waals surface area contributed by atoms with E-state index in [9.17, 15) is 4.79 Å². The molecule has 1 N–H and O–H groups in total. The van der Waals surface area contributed by atoms with Gasteiger partial charge in [-0.3, -0.25) is 4.79 Å². The second-order valence-electron chi connectivity index (χ2n) is 5.37. The maximum Gasteiger partial charge on any atom is 0.233 e. The first-order valence-electron chi connectivity index (χ1n) is 7.81. The van der Waals surface area contributed by atoms with Crippen molar-refractivity contribution in [3.8, 4) is 5.75 Å². The lowest BCUT2D eigenvalue weighted by molar-refractivity contribution is -0.120. The van der Waals surface area contributed by atoms with Crippen LogP contribution in [-0.2, 0) is 11.3 Å². The molecule has 0 aliphatic carbocycles. The van der Waals surface area contributed by atoms with Crippen LogP contribution in [0.1, 0.15) is 25.0 Å². The minimum Gasteiger partial charge on any atom is -0.494 e. The molecule has 2 aromatic carbocycles. The predicted octanol–water partition coefficient (Wildman–Crippen LogP) is 4.19. The summed E-state index contributed by atoms with van der Waals surface area (Å²) >= 11 is 1.57. The summed E-state index contributed by atoms with van der Waals surface area (Å²) in [5, 5.41) is 2.86. The zero-order valence-corrected chi connectivity index (χ0v) is 14.7. The lowest BCUT2D eigenvalue weighted by Gasteiger charge is -2.12. The summed E-state index contributed by atoms with van der Waals surface area (Å²) in [6.45, 7) is 7.13. The van der Waals surface area contributed by atoms with Gasteiger partial charge in [0.15, 0.2) is 0 Å². The molecule has 1 amide bonds. The fourth-order valence-electron chi connectivity index (χ4n) is 2.08.